The van der Waals surface area contributed by atoms with Crippen LogP contribution in [0.2, 0.25) is 0 Å². The van der Waals surface area contributed by atoms with Crippen LogP contribution in [0.15, 0.2) is 53.7 Å². The van der Waals surface area contributed by atoms with E-state index in [9.17, 15) is 13.2 Å². The third-order valence-electron chi connectivity index (χ3n) is 4.29. The number of fused-ring (bicyclic) bond motifs is 1. The molecule has 1 aromatic carbocycles. The number of rotatable bonds is 6. The zero-order valence-corrected chi connectivity index (χ0v) is 14.6. The standard InChI is InChI=1S/C18H21N3O3S/c22-18(21-15-4-3-9-19-13-15)7-10-20-12-14-8-11-25(23,24)17-6-2-1-5-16(14)17/h1-6,9,13-14,20H,7-8,10-12H2,(H,21,22). The molecule has 7 heteroatoms. The van der Waals surface area contributed by atoms with Gasteiger partial charge in [-0.05, 0) is 36.1 Å². The number of hydrogen-bond donors (Lipinski definition) is 2. The lowest BCUT2D eigenvalue weighted by Crippen LogP contribution is -2.30. The quantitative estimate of drug-likeness (QED) is 0.770. The van der Waals surface area contributed by atoms with E-state index in [-0.39, 0.29) is 17.6 Å². The Bertz CT molecular complexity index is 838. The summed E-state index contributed by atoms with van der Waals surface area (Å²) in [7, 11) is -3.15. The molecule has 6 nitrogen and oxygen atoms in total. The molecule has 1 aromatic heterocycles. The van der Waals surface area contributed by atoms with Crippen LogP contribution in [0, 0.1) is 0 Å². The minimum Gasteiger partial charge on any atom is -0.325 e. The fraction of sp³-hybridized carbons (Fsp3) is 0.333. The molecule has 2 heterocycles. The van der Waals surface area contributed by atoms with Crippen LogP contribution in [0.3, 0.4) is 0 Å². The number of carbonyl (C=O) groups excluding carboxylic acids is 1. The van der Waals surface area contributed by atoms with E-state index in [4.69, 9.17) is 0 Å². The Morgan fingerprint density at radius 2 is 2.04 bits per heavy atom. The maximum Gasteiger partial charge on any atom is 0.225 e. The lowest BCUT2D eigenvalue weighted by atomic mass is 9.96. The maximum absolute atomic E-state index is 12.1. The van der Waals surface area contributed by atoms with Gasteiger partial charge in [-0.3, -0.25) is 9.78 Å². The molecule has 1 aliphatic heterocycles. The molecule has 0 spiro atoms. The summed E-state index contributed by atoms with van der Waals surface area (Å²) in [6.07, 6.45) is 4.21. The van der Waals surface area contributed by atoms with Gasteiger partial charge in [0.25, 0.3) is 0 Å². The first-order valence-corrected chi connectivity index (χ1v) is 9.94. The topological polar surface area (TPSA) is 88.2 Å². The molecule has 1 aliphatic rings. The van der Waals surface area contributed by atoms with Crippen molar-refractivity contribution in [3.05, 3.63) is 54.4 Å². The Hall–Kier alpha value is -2.25. The molecule has 0 radical (unpaired) electrons. The molecular formula is C18H21N3O3S. The third kappa shape index (κ3) is 4.43. The number of benzene rings is 1. The van der Waals surface area contributed by atoms with Crippen molar-refractivity contribution in [2.24, 2.45) is 0 Å². The number of pyridine rings is 1. The number of nitrogens with one attached hydrogen (secondary N) is 2. The maximum atomic E-state index is 12.1. The fourth-order valence-corrected chi connectivity index (χ4v) is 4.71. The highest BCUT2D eigenvalue weighted by molar-refractivity contribution is 7.91. The molecule has 0 saturated carbocycles. The summed E-state index contributed by atoms with van der Waals surface area (Å²) in [4.78, 5) is 16.3. The minimum atomic E-state index is -3.15. The summed E-state index contributed by atoms with van der Waals surface area (Å²) < 4.78 is 24.3. The van der Waals surface area contributed by atoms with Gasteiger partial charge >= 0.3 is 0 Å². The summed E-state index contributed by atoms with van der Waals surface area (Å²) in [6, 6.07) is 10.7. The van der Waals surface area contributed by atoms with Gasteiger partial charge in [-0.25, -0.2) is 8.42 Å². The van der Waals surface area contributed by atoms with E-state index >= 15 is 0 Å². The molecule has 0 aliphatic carbocycles. The average molecular weight is 359 g/mol. The van der Waals surface area contributed by atoms with Gasteiger partial charge in [0.2, 0.25) is 5.91 Å². The van der Waals surface area contributed by atoms with Crippen molar-refractivity contribution in [2.45, 2.75) is 23.7 Å². The van der Waals surface area contributed by atoms with Gasteiger partial charge in [0.15, 0.2) is 9.84 Å². The molecule has 0 saturated heterocycles. The first-order chi connectivity index (χ1) is 12.1. The molecule has 0 bridgehead atoms. The number of hydrogen-bond acceptors (Lipinski definition) is 5. The normalized spacial score (nSPS) is 18.3. The van der Waals surface area contributed by atoms with Crippen LogP contribution >= 0.6 is 0 Å². The van der Waals surface area contributed by atoms with E-state index in [1.54, 1.807) is 36.7 Å². The lowest BCUT2D eigenvalue weighted by molar-refractivity contribution is -0.116. The van der Waals surface area contributed by atoms with Crippen LogP contribution in [0.1, 0.15) is 24.3 Å². The fourth-order valence-electron chi connectivity index (χ4n) is 3.01. The van der Waals surface area contributed by atoms with E-state index in [1.807, 2.05) is 12.1 Å². The Labute approximate surface area is 147 Å². The van der Waals surface area contributed by atoms with E-state index in [1.165, 1.54) is 0 Å². The summed E-state index contributed by atoms with van der Waals surface area (Å²) in [5.74, 6) is 0.255. The number of sulfone groups is 1. The number of amides is 1. The molecule has 1 unspecified atom stereocenters. The predicted molar refractivity (Wildman–Crippen MR) is 96.2 cm³/mol. The Kier molecular flexibility index (Phi) is 5.45. The van der Waals surface area contributed by atoms with Crippen LogP contribution in [0.25, 0.3) is 0 Å². The highest BCUT2D eigenvalue weighted by atomic mass is 32.2. The third-order valence-corrected chi connectivity index (χ3v) is 6.11. The molecular weight excluding hydrogens is 338 g/mol. The Morgan fingerprint density at radius 1 is 1.20 bits per heavy atom. The zero-order valence-electron chi connectivity index (χ0n) is 13.8. The molecule has 1 atom stereocenters. The second kappa shape index (κ2) is 7.76. The van der Waals surface area contributed by atoms with Gasteiger partial charge in [-0.15, -0.1) is 0 Å². The SMILES string of the molecule is O=C(CCNCC1CCS(=O)(=O)c2ccccc21)Nc1cccnc1. The second-order valence-electron chi connectivity index (χ2n) is 6.09. The highest BCUT2D eigenvalue weighted by Gasteiger charge is 2.29. The van der Waals surface area contributed by atoms with E-state index in [2.05, 4.69) is 15.6 Å². The largest absolute Gasteiger partial charge is 0.325 e. The Balaban J connectivity index is 1.49. The summed E-state index contributed by atoms with van der Waals surface area (Å²) >= 11 is 0. The van der Waals surface area contributed by atoms with Gasteiger partial charge in [-0.2, -0.15) is 0 Å². The highest BCUT2D eigenvalue weighted by Crippen LogP contribution is 2.32. The van der Waals surface area contributed by atoms with Gasteiger partial charge in [0.1, 0.15) is 0 Å². The van der Waals surface area contributed by atoms with Crippen molar-refractivity contribution in [2.75, 3.05) is 24.2 Å². The van der Waals surface area contributed by atoms with Gasteiger partial charge in [0.05, 0.1) is 22.5 Å². The molecule has 2 aromatic rings. The Morgan fingerprint density at radius 3 is 2.84 bits per heavy atom. The van der Waals surface area contributed by atoms with Crippen molar-refractivity contribution in [1.82, 2.24) is 10.3 Å². The molecule has 1 amide bonds. The van der Waals surface area contributed by atoms with Crippen molar-refractivity contribution >= 4 is 21.4 Å². The van der Waals surface area contributed by atoms with Crippen molar-refractivity contribution in [3.63, 3.8) is 0 Å². The monoisotopic (exact) mass is 359 g/mol. The average Bonchev–Trinajstić information content (AvgIpc) is 2.61. The van der Waals surface area contributed by atoms with Crippen LogP contribution in [-0.2, 0) is 14.6 Å². The van der Waals surface area contributed by atoms with Gasteiger partial charge in [-0.1, -0.05) is 18.2 Å². The van der Waals surface area contributed by atoms with Crippen molar-refractivity contribution in [1.29, 1.82) is 0 Å². The summed E-state index contributed by atoms with van der Waals surface area (Å²) in [6.45, 7) is 1.20. The molecule has 25 heavy (non-hydrogen) atoms. The van der Waals surface area contributed by atoms with Gasteiger partial charge in [0, 0.05) is 25.7 Å². The minimum absolute atomic E-state index is 0.0767. The van der Waals surface area contributed by atoms with Crippen molar-refractivity contribution < 1.29 is 13.2 Å². The molecule has 3 rings (SSSR count). The molecule has 0 fully saturated rings. The smallest absolute Gasteiger partial charge is 0.225 e. The van der Waals surface area contributed by atoms with Gasteiger partial charge < -0.3 is 10.6 Å². The summed E-state index contributed by atoms with van der Waals surface area (Å²) in [5.41, 5.74) is 1.56. The van der Waals surface area contributed by atoms with Crippen LogP contribution < -0.4 is 10.6 Å². The van der Waals surface area contributed by atoms with Crippen molar-refractivity contribution in [3.8, 4) is 0 Å². The zero-order chi connectivity index (χ0) is 17.7. The molecule has 132 valence electrons. The van der Waals surface area contributed by atoms with Crippen LogP contribution in [0.4, 0.5) is 5.69 Å². The van der Waals surface area contributed by atoms with E-state index in [0.29, 0.717) is 36.5 Å². The molecule has 2 N–H and O–H groups in total. The summed E-state index contributed by atoms with van der Waals surface area (Å²) in [5, 5.41) is 6.05. The second-order valence-corrected chi connectivity index (χ2v) is 8.16. The number of aromatic nitrogens is 1. The first kappa shape index (κ1) is 17.6. The number of anilines is 1. The van der Waals surface area contributed by atoms with Crippen LogP contribution in [-0.4, -0.2) is 38.2 Å². The van der Waals surface area contributed by atoms with E-state index < -0.39 is 9.84 Å². The number of carbonyl (C=O) groups is 1. The lowest BCUT2D eigenvalue weighted by Gasteiger charge is -2.25. The predicted octanol–water partition coefficient (Wildman–Crippen LogP) is 1.96. The van der Waals surface area contributed by atoms with E-state index in [0.717, 1.165) is 5.56 Å². The number of nitrogens with zero attached hydrogens (tertiary/aromatic N) is 1. The van der Waals surface area contributed by atoms with Crippen LogP contribution in [0.5, 0.6) is 0 Å². The first-order valence-electron chi connectivity index (χ1n) is 8.28.